The number of carboxylic acids is 2. The van der Waals surface area contributed by atoms with Gasteiger partial charge in [0.1, 0.15) is 0 Å². The van der Waals surface area contributed by atoms with E-state index in [1.807, 2.05) is 6.55 Å². The summed E-state index contributed by atoms with van der Waals surface area (Å²) in [5.41, 5.74) is 0. The molecule has 0 aromatic rings. The molecule has 142 valence electrons. The molecule has 0 amide bonds. The lowest BCUT2D eigenvalue weighted by Crippen LogP contribution is -2.45. The van der Waals surface area contributed by atoms with Crippen LogP contribution in [0.1, 0.15) is 53.4 Å². The Labute approximate surface area is 151 Å². The van der Waals surface area contributed by atoms with Crippen molar-refractivity contribution in [1.29, 1.82) is 0 Å². The maximum absolute atomic E-state index is 11.0. The van der Waals surface area contributed by atoms with Crippen LogP contribution in [0.3, 0.4) is 0 Å². The van der Waals surface area contributed by atoms with E-state index >= 15 is 0 Å². The van der Waals surface area contributed by atoms with Crippen molar-refractivity contribution in [1.82, 2.24) is 0 Å². The number of thioether (sulfide) groups is 1. The van der Waals surface area contributed by atoms with Crippen molar-refractivity contribution in [3.05, 3.63) is 0 Å². The van der Waals surface area contributed by atoms with E-state index < -0.39 is 26.2 Å². The van der Waals surface area contributed by atoms with Crippen LogP contribution in [0.2, 0.25) is 17.6 Å². The number of hydrogen-bond acceptors (Lipinski definition) is 4. The van der Waals surface area contributed by atoms with E-state index in [1.54, 1.807) is 11.8 Å². The van der Waals surface area contributed by atoms with Crippen LogP contribution in [0.4, 0.5) is 0 Å². The molecule has 7 heteroatoms. The van der Waals surface area contributed by atoms with Gasteiger partial charge in [-0.15, -0.1) is 0 Å². The first-order valence-electron chi connectivity index (χ1n) is 8.66. The molecule has 2 unspecified atom stereocenters. The summed E-state index contributed by atoms with van der Waals surface area (Å²) in [5, 5.41) is 17.7. The summed E-state index contributed by atoms with van der Waals surface area (Å²) in [6.45, 7) is 10.7. The predicted molar refractivity (Wildman–Crippen MR) is 102 cm³/mol. The SMILES string of the molecule is CC(C)C(C)(C)[Si](C)(O)CCCSCCCC(CC(=O)O)C(=O)O. The summed E-state index contributed by atoms with van der Waals surface area (Å²) in [6, 6.07) is 0.877. The van der Waals surface area contributed by atoms with Crippen LogP contribution < -0.4 is 0 Å². The first kappa shape index (κ1) is 23.5. The first-order chi connectivity index (χ1) is 10.9. The molecular formula is C17H34O5SSi. The average molecular weight is 379 g/mol. The first-order valence-corrected chi connectivity index (χ1v) is 12.5. The van der Waals surface area contributed by atoms with Gasteiger partial charge < -0.3 is 15.0 Å². The highest BCUT2D eigenvalue weighted by atomic mass is 32.2. The van der Waals surface area contributed by atoms with Crippen molar-refractivity contribution >= 4 is 32.0 Å². The van der Waals surface area contributed by atoms with Crippen molar-refractivity contribution in [2.45, 2.75) is 71.0 Å². The molecule has 0 aliphatic carbocycles. The van der Waals surface area contributed by atoms with Gasteiger partial charge in [-0.1, -0.05) is 27.7 Å². The monoisotopic (exact) mass is 378 g/mol. The van der Waals surface area contributed by atoms with Crippen LogP contribution in [0, 0.1) is 11.8 Å². The second-order valence-corrected chi connectivity index (χ2v) is 13.2. The Kier molecular flexibility index (Phi) is 10.2. The van der Waals surface area contributed by atoms with Crippen LogP contribution in [-0.2, 0) is 9.59 Å². The third kappa shape index (κ3) is 8.03. The van der Waals surface area contributed by atoms with Crippen molar-refractivity contribution in [2.24, 2.45) is 11.8 Å². The molecule has 0 heterocycles. The van der Waals surface area contributed by atoms with Gasteiger partial charge in [-0.25, -0.2) is 0 Å². The zero-order valence-electron chi connectivity index (χ0n) is 15.7. The molecule has 0 saturated heterocycles. The number of carbonyl (C=O) groups is 2. The van der Waals surface area contributed by atoms with Crippen molar-refractivity contribution in [2.75, 3.05) is 11.5 Å². The molecule has 0 fully saturated rings. The van der Waals surface area contributed by atoms with E-state index in [0.29, 0.717) is 18.8 Å². The standard InChI is InChI=1S/C17H34O5SSi/c1-13(2)17(3,4)24(5,22)11-7-10-23-9-6-8-14(16(20)21)12-15(18)19/h13-14,22H,6-12H2,1-5H3,(H,18,19)(H,20,21). The zero-order valence-corrected chi connectivity index (χ0v) is 17.5. The van der Waals surface area contributed by atoms with Crippen molar-refractivity contribution in [3.8, 4) is 0 Å². The second kappa shape index (κ2) is 10.5. The molecule has 0 saturated carbocycles. The molecule has 3 N–H and O–H groups in total. The molecule has 0 rings (SSSR count). The Balaban J connectivity index is 3.99. The number of carboxylic acid groups (broad SMARTS) is 2. The lowest BCUT2D eigenvalue weighted by atomic mass is 9.99. The fraction of sp³-hybridized carbons (Fsp3) is 0.882. The van der Waals surface area contributed by atoms with Gasteiger partial charge in [0.2, 0.25) is 0 Å². The molecular weight excluding hydrogens is 344 g/mol. The largest absolute Gasteiger partial charge is 0.481 e. The Morgan fingerprint density at radius 3 is 2.12 bits per heavy atom. The van der Waals surface area contributed by atoms with Gasteiger partial charge in [-0.2, -0.15) is 11.8 Å². The fourth-order valence-corrected chi connectivity index (χ4v) is 6.45. The number of hydrogen-bond donors (Lipinski definition) is 3. The summed E-state index contributed by atoms with van der Waals surface area (Å²) < 4.78 is 0. The normalized spacial score (nSPS) is 16.0. The molecule has 0 bridgehead atoms. The summed E-state index contributed by atoms with van der Waals surface area (Å²) in [7, 11) is -2.27. The van der Waals surface area contributed by atoms with Crippen LogP contribution >= 0.6 is 11.8 Å². The highest BCUT2D eigenvalue weighted by Gasteiger charge is 2.43. The topological polar surface area (TPSA) is 94.8 Å². The highest BCUT2D eigenvalue weighted by molar-refractivity contribution is 7.99. The van der Waals surface area contributed by atoms with E-state index in [9.17, 15) is 14.4 Å². The van der Waals surface area contributed by atoms with Crippen LogP contribution in [-0.4, -0.2) is 46.8 Å². The smallest absolute Gasteiger partial charge is 0.307 e. The van der Waals surface area contributed by atoms with E-state index in [0.717, 1.165) is 24.0 Å². The van der Waals surface area contributed by atoms with Crippen LogP contribution in [0.15, 0.2) is 0 Å². The molecule has 0 aromatic carbocycles. The van der Waals surface area contributed by atoms with Gasteiger partial charge in [0.15, 0.2) is 8.32 Å². The Hall–Kier alpha value is -0.533. The van der Waals surface area contributed by atoms with E-state index in [-0.39, 0.29) is 11.5 Å². The summed E-state index contributed by atoms with van der Waals surface area (Å²) in [5.74, 6) is -0.637. The maximum Gasteiger partial charge on any atom is 0.307 e. The molecule has 0 aromatic heterocycles. The summed E-state index contributed by atoms with van der Waals surface area (Å²) in [4.78, 5) is 32.4. The minimum atomic E-state index is -2.27. The van der Waals surface area contributed by atoms with Gasteiger partial charge in [0.05, 0.1) is 12.3 Å². The maximum atomic E-state index is 11.0. The molecule has 0 aliphatic rings. The van der Waals surface area contributed by atoms with Gasteiger partial charge >= 0.3 is 11.9 Å². The van der Waals surface area contributed by atoms with Gasteiger partial charge in [-0.05, 0) is 54.3 Å². The highest BCUT2D eigenvalue weighted by Crippen LogP contribution is 2.45. The number of rotatable bonds is 13. The van der Waals surface area contributed by atoms with Crippen molar-refractivity contribution < 1.29 is 24.6 Å². The Morgan fingerprint density at radius 1 is 1.12 bits per heavy atom. The van der Waals surface area contributed by atoms with Gasteiger partial charge in [0, 0.05) is 0 Å². The molecule has 0 aliphatic heterocycles. The third-order valence-electron chi connectivity index (χ3n) is 5.40. The summed E-state index contributed by atoms with van der Waals surface area (Å²) >= 11 is 1.76. The van der Waals surface area contributed by atoms with Gasteiger partial charge in [0.25, 0.3) is 0 Å². The zero-order chi connectivity index (χ0) is 19.0. The quantitative estimate of drug-likeness (QED) is 0.330. The van der Waals surface area contributed by atoms with E-state index in [1.165, 1.54) is 0 Å². The second-order valence-electron chi connectivity index (χ2n) is 7.64. The minimum absolute atomic E-state index is 0.0107. The Morgan fingerprint density at radius 2 is 1.67 bits per heavy atom. The van der Waals surface area contributed by atoms with Crippen LogP contribution in [0.5, 0.6) is 0 Å². The predicted octanol–water partition coefficient (Wildman–Crippen LogP) is 4.07. The molecule has 0 spiro atoms. The lowest BCUT2D eigenvalue weighted by Gasteiger charge is -2.41. The fourth-order valence-electron chi connectivity index (χ4n) is 2.52. The average Bonchev–Trinajstić information content (AvgIpc) is 2.43. The van der Waals surface area contributed by atoms with Gasteiger partial charge in [-0.3, -0.25) is 9.59 Å². The van der Waals surface area contributed by atoms with E-state index in [4.69, 9.17) is 10.2 Å². The molecule has 5 nitrogen and oxygen atoms in total. The lowest BCUT2D eigenvalue weighted by molar-refractivity contribution is -0.148. The van der Waals surface area contributed by atoms with E-state index in [2.05, 4.69) is 27.7 Å². The molecule has 24 heavy (non-hydrogen) atoms. The minimum Gasteiger partial charge on any atom is -0.481 e. The Bertz CT molecular complexity index is 410. The number of aliphatic carboxylic acids is 2. The van der Waals surface area contributed by atoms with Crippen molar-refractivity contribution in [3.63, 3.8) is 0 Å². The molecule has 2 atom stereocenters. The summed E-state index contributed by atoms with van der Waals surface area (Å²) in [6.07, 6.45) is 1.78. The molecule has 0 radical (unpaired) electrons. The van der Waals surface area contributed by atoms with Crippen LogP contribution in [0.25, 0.3) is 0 Å². The third-order valence-corrected chi connectivity index (χ3v) is 11.2.